The number of hydrogen-bond donors (Lipinski definition) is 3. The summed E-state index contributed by atoms with van der Waals surface area (Å²) in [7, 11) is 0. The van der Waals surface area contributed by atoms with Gasteiger partial charge in [-0.3, -0.25) is 4.90 Å². The molecule has 19 heavy (non-hydrogen) atoms. The fourth-order valence-corrected chi connectivity index (χ4v) is 2.72. The molecule has 2 fully saturated rings. The summed E-state index contributed by atoms with van der Waals surface area (Å²) in [6.07, 6.45) is 3.79. The second kappa shape index (κ2) is 4.74. The second-order valence-corrected chi connectivity index (χ2v) is 5.46. The average molecular weight is 261 g/mol. The van der Waals surface area contributed by atoms with E-state index in [0.717, 1.165) is 31.2 Å². The van der Waals surface area contributed by atoms with Crippen LogP contribution in [-0.4, -0.2) is 41.1 Å². The summed E-state index contributed by atoms with van der Waals surface area (Å²) in [6, 6.07) is 6.09. The molecule has 1 aromatic rings. The van der Waals surface area contributed by atoms with Crippen LogP contribution in [0.5, 0.6) is 0 Å². The van der Waals surface area contributed by atoms with E-state index in [-0.39, 0.29) is 5.56 Å². The fourth-order valence-electron chi connectivity index (χ4n) is 2.72. The first-order chi connectivity index (χ1) is 9.13. The number of carbonyl (C=O) groups is 1. The first kappa shape index (κ1) is 12.3. The van der Waals surface area contributed by atoms with Gasteiger partial charge in [-0.2, -0.15) is 0 Å². The third kappa shape index (κ3) is 2.66. The summed E-state index contributed by atoms with van der Waals surface area (Å²) in [4.78, 5) is 13.4. The van der Waals surface area contributed by atoms with Gasteiger partial charge >= 0.3 is 5.97 Å². The van der Waals surface area contributed by atoms with Gasteiger partial charge in [0, 0.05) is 25.2 Å². The van der Waals surface area contributed by atoms with E-state index >= 15 is 0 Å². The lowest BCUT2D eigenvalue weighted by atomic mass is 10.1. The monoisotopic (exact) mass is 261 g/mol. The van der Waals surface area contributed by atoms with E-state index in [1.165, 1.54) is 18.9 Å². The summed E-state index contributed by atoms with van der Waals surface area (Å²) in [5.41, 5.74) is 7.48. The molecule has 1 heterocycles. The minimum absolute atomic E-state index is 0.231. The van der Waals surface area contributed by atoms with E-state index in [4.69, 9.17) is 10.8 Å². The Morgan fingerprint density at radius 3 is 2.79 bits per heavy atom. The predicted molar refractivity (Wildman–Crippen MR) is 74.4 cm³/mol. The summed E-state index contributed by atoms with van der Waals surface area (Å²) < 4.78 is 0. The second-order valence-electron chi connectivity index (χ2n) is 5.46. The van der Waals surface area contributed by atoms with Gasteiger partial charge < -0.3 is 16.2 Å². The third-order valence-corrected chi connectivity index (χ3v) is 3.94. The molecule has 1 aliphatic carbocycles. The van der Waals surface area contributed by atoms with Crippen molar-refractivity contribution in [1.29, 1.82) is 0 Å². The lowest BCUT2D eigenvalue weighted by Gasteiger charge is -2.18. The first-order valence-electron chi connectivity index (χ1n) is 6.77. The number of aromatic carboxylic acids is 1. The lowest BCUT2D eigenvalue weighted by Crippen LogP contribution is -2.28. The van der Waals surface area contributed by atoms with Crippen molar-refractivity contribution in [3.05, 3.63) is 23.8 Å². The normalized spacial score (nSPS) is 23.5. The summed E-state index contributed by atoms with van der Waals surface area (Å²) >= 11 is 0. The van der Waals surface area contributed by atoms with E-state index in [1.807, 2.05) is 0 Å². The Hall–Kier alpha value is -1.75. The van der Waals surface area contributed by atoms with Crippen LogP contribution in [0.1, 0.15) is 29.6 Å². The third-order valence-electron chi connectivity index (χ3n) is 3.94. The van der Waals surface area contributed by atoms with Crippen LogP contribution in [0, 0.1) is 0 Å². The van der Waals surface area contributed by atoms with E-state index in [1.54, 1.807) is 12.1 Å². The molecule has 5 nitrogen and oxygen atoms in total. The van der Waals surface area contributed by atoms with Crippen LogP contribution in [0.25, 0.3) is 0 Å². The van der Waals surface area contributed by atoms with Crippen molar-refractivity contribution in [2.24, 2.45) is 0 Å². The number of likely N-dealkylation sites (tertiary alicyclic amines) is 1. The summed E-state index contributed by atoms with van der Waals surface area (Å²) in [5.74, 6) is -0.945. The van der Waals surface area contributed by atoms with Crippen LogP contribution in [0.15, 0.2) is 18.2 Å². The molecule has 1 saturated heterocycles. The highest BCUT2D eigenvalue weighted by molar-refractivity contribution is 5.90. The highest BCUT2D eigenvalue weighted by atomic mass is 16.4. The van der Waals surface area contributed by atoms with Crippen molar-refractivity contribution in [3.8, 4) is 0 Å². The van der Waals surface area contributed by atoms with E-state index in [0.29, 0.717) is 11.7 Å². The van der Waals surface area contributed by atoms with Crippen LogP contribution >= 0.6 is 0 Å². The van der Waals surface area contributed by atoms with Crippen LogP contribution in [0.2, 0.25) is 0 Å². The van der Waals surface area contributed by atoms with Gasteiger partial charge in [0.25, 0.3) is 0 Å². The van der Waals surface area contributed by atoms with Gasteiger partial charge in [-0.25, -0.2) is 4.79 Å². The Balaban J connectivity index is 1.65. The Morgan fingerprint density at radius 1 is 1.37 bits per heavy atom. The smallest absolute Gasteiger partial charge is 0.335 e. The molecule has 102 valence electrons. The molecule has 1 unspecified atom stereocenters. The van der Waals surface area contributed by atoms with Crippen LogP contribution in [0.4, 0.5) is 11.4 Å². The van der Waals surface area contributed by atoms with Crippen LogP contribution in [-0.2, 0) is 0 Å². The molecular formula is C14H19N3O2. The van der Waals surface area contributed by atoms with Crippen LogP contribution in [0.3, 0.4) is 0 Å². The zero-order valence-electron chi connectivity index (χ0n) is 10.8. The molecule has 1 aromatic carbocycles. The highest BCUT2D eigenvalue weighted by Crippen LogP contribution is 2.31. The molecule has 0 spiro atoms. The minimum atomic E-state index is -0.945. The molecule has 0 aromatic heterocycles. The number of hydrogen-bond acceptors (Lipinski definition) is 4. The van der Waals surface area contributed by atoms with Gasteiger partial charge in [-0.1, -0.05) is 0 Å². The average Bonchev–Trinajstić information content (AvgIpc) is 3.12. The van der Waals surface area contributed by atoms with Crippen molar-refractivity contribution in [2.75, 3.05) is 24.1 Å². The number of nitrogen functional groups attached to an aromatic ring is 1. The van der Waals surface area contributed by atoms with Crippen LogP contribution < -0.4 is 11.1 Å². The largest absolute Gasteiger partial charge is 0.478 e. The van der Waals surface area contributed by atoms with E-state index < -0.39 is 5.97 Å². The lowest BCUT2D eigenvalue weighted by molar-refractivity contribution is 0.0697. The molecule has 4 N–H and O–H groups in total. The van der Waals surface area contributed by atoms with Crippen molar-refractivity contribution in [2.45, 2.75) is 31.3 Å². The molecular weight excluding hydrogens is 242 g/mol. The number of carboxylic acid groups (broad SMARTS) is 1. The van der Waals surface area contributed by atoms with Gasteiger partial charge in [0.2, 0.25) is 0 Å². The quantitative estimate of drug-likeness (QED) is 0.718. The SMILES string of the molecule is Nc1cc(C(=O)O)ccc1NC1CCN(C2CC2)C1. The standard InChI is InChI=1S/C14H19N3O2/c15-12-7-9(14(18)19)1-4-13(12)16-10-5-6-17(8-10)11-2-3-11/h1,4,7,10-11,16H,2-3,5-6,8,15H2,(H,18,19). The molecule has 1 aliphatic heterocycles. The van der Waals surface area contributed by atoms with E-state index in [2.05, 4.69) is 10.2 Å². The van der Waals surface area contributed by atoms with E-state index in [9.17, 15) is 4.79 Å². The number of carboxylic acids is 1. The molecule has 2 aliphatic rings. The molecule has 3 rings (SSSR count). The van der Waals surface area contributed by atoms with Gasteiger partial charge in [0.05, 0.1) is 16.9 Å². The predicted octanol–water partition coefficient (Wildman–Crippen LogP) is 1.62. The Bertz CT molecular complexity index is 499. The fraction of sp³-hybridized carbons (Fsp3) is 0.500. The molecule has 1 saturated carbocycles. The van der Waals surface area contributed by atoms with Gasteiger partial charge in [-0.15, -0.1) is 0 Å². The van der Waals surface area contributed by atoms with Crippen molar-refractivity contribution in [3.63, 3.8) is 0 Å². The molecule has 0 amide bonds. The number of nitrogens with zero attached hydrogens (tertiary/aromatic N) is 1. The maximum absolute atomic E-state index is 10.9. The Kier molecular flexibility index (Phi) is 3.06. The van der Waals surface area contributed by atoms with Gasteiger partial charge in [0.15, 0.2) is 0 Å². The first-order valence-corrected chi connectivity index (χ1v) is 6.77. The number of nitrogens with two attached hydrogens (primary N) is 1. The summed E-state index contributed by atoms with van der Waals surface area (Å²) in [6.45, 7) is 2.21. The number of benzene rings is 1. The number of nitrogens with one attached hydrogen (secondary N) is 1. The van der Waals surface area contributed by atoms with Gasteiger partial charge in [0.1, 0.15) is 0 Å². The number of rotatable bonds is 4. The van der Waals surface area contributed by atoms with Crippen molar-refractivity contribution < 1.29 is 9.90 Å². The molecule has 0 bridgehead atoms. The highest BCUT2D eigenvalue weighted by Gasteiger charge is 2.34. The molecule has 0 radical (unpaired) electrons. The topological polar surface area (TPSA) is 78.6 Å². The zero-order chi connectivity index (χ0) is 13.4. The van der Waals surface area contributed by atoms with Gasteiger partial charge in [-0.05, 0) is 37.5 Å². The number of anilines is 2. The molecule has 1 atom stereocenters. The minimum Gasteiger partial charge on any atom is -0.478 e. The van der Waals surface area contributed by atoms with Crippen molar-refractivity contribution in [1.82, 2.24) is 4.90 Å². The molecule has 5 heteroatoms. The Morgan fingerprint density at radius 2 is 2.16 bits per heavy atom. The zero-order valence-corrected chi connectivity index (χ0v) is 10.8. The Labute approximate surface area is 112 Å². The van der Waals surface area contributed by atoms with Crippen molar-refractivity contribution >= 4 is 17.3 Å². The maximum Gasteiger partial charge on any atom is 0.335 e. The maximum atomic E-state index is 10.9. The summed E-state index contributed by atoms with van der Waals surface area (Å²) in [5, 5.41) is 12.3.